The summed E-state index contributed by atoms with van der Waals surface area (Å²) in [4.78, 5) is -0.0605. The van der Waals surface area contributed by atoms with Gasteiger partial charge in [-0.3, -0.25) is 0 Å². The van der Waals surface area contributed by atoms with Crippen molar-refractivity contribution in [1.82, 2.24) is 4.72 Å². The van der Waals surface area contributed by atoms with Crippen molar-refractivity contribution in [3.63, 3.8) is 0 Å². The average Bonchev–Trinajstić information content (AvgIpc) is 2.40. The van der Waals surface area contributed by atoms with Crippen molar-refractivity contribution < 1.29 is 23.7 Å². The van der Waals surface area contributed by atoms with E-state index in [0.29, 0.717) is 8.95 Å². The molecule has 1 aromatic carbocycles. The number of nitrogens with one attached hydrogen (secondary N) is 1. The first kappa shape index (κ1) is 18.0. The first-order chi connectivity index (χ1) is 9.21. The first-order valence-corrected chi connectivity index (χ1v) is 8.60. The van der Waals surface area contributed by atoms with Crippen molar-refractivity contribution in [2.24, 2.45) is 0 Å². The number of halogens is 2. The normalized spacial score (nSPS) is 12.7. The van der Waals surface area contributed by atoms with Crippen LogP contribution in [0.4, 0.5) is 0 Å². The molecule has 6 nitrogen and oxygen atoms in total. The molecule has 0 unspecified atom stereocenters. The number of benzene rings is 1. The van der Waals surface area contributed by atoms with Gasteiger partial charge in [-0.2, -0.15) is 4.72 Å². The fourth-order valence-electron chi connectivity index (χ4n) is 1.42. The maximum Gasteiger partial charge on any atom is 0.242 e. The molecule has 0 saturated heterocycles. The lowest BCUT2D eigenvalue weighted by molar-refractivity contribution is 0.0582. The van der Waals surface area contributed by atoms with Crippen molar-refractivity contribution in [3.05, 3.63) is 26.6 Å². The first-order valence-electron chi connectivity index (χ1n) is 5.53. The van der Waals surface area contributed by atoms with E-state index in [1.165, 1.54) is 6.07 Å². The van der Waals surface area contributed by atoms with Gasteiger partial charge in [-0.25, -0.2) is 8.42 Å². The van der Waals surface area contributed by atoms with Crippen LogP contribution in [0, 0.1) is 6.92 Å². The number of aliphatic hydroxyl groups excluding tert-OH is 3. The molecule has 0 aliphatic carbocycles. The third-order valence-electron chi connectivity index (χ3n) is 2.76. The minimum Gasteiger partial charge on any atom is -0.394 e. The quantitative estimate of drug-likeness (QED) is 0.524. The molecule has 4 N–H and O–H groups in total. The molecule has 0 aliphatic heterocycles. The highest BCUT2D eigenvalue weighted by Crippen LogP contribution is 2.29. The average molecular weight is 433 g/mol. The van der Waals surface area contributed by atoms with E-state index >= 15 is 0 Å². The van der Waals surface area contributed by atoms with E-state index in [-0.39, 0.29) is 4.90 Å². The largest absolute Gasteiger partial charge is 0.394 e. The molecular formula is C11H15Br2NO5S. The Balaban J connectivity index is 3.28. The van der Waals surface area contributed by atoms with Gasteiger partial charge in [0.15, 0.2) is 0 Å². The highest BCUT2D eigenvalue weighted by molar-refractivity contribution is 9.11. The maximum atomic E-state index is 12.3. The fourth-order valence-corrected chi connectivity index (χ4v) is 4.48. The summed E-state index contributed by atoms with van der Waals surface area (Å²) in [5, 5.41) is 27.6. The lowest BCUT2D eigenvalue weighted by atomic mass is 10.1. The summed E-state index contributed by atoms with van der Waals surface area (Å²) in [6.07, 6.45) is 0. The monoisotopic (exact) mass is 431 g/mol. The topological polar surface area (TPSA) is 107 Å². The standard InChI is InChI=1S/C11H15Br2NO5S/c1-7-2-9(13)10(3-8(7)12)20(18,19)14-11(4-15,5-16)6-17/h2-3,14-17H,4-6H2,1H3. The molecule has 0 spiro atoms. The van der Waals surface area contributed by atoms with Crippen LogP contribution in [0.25, 0.3) is 0 Å². The number of hydrogen-bond donors (Lipinski definition) is 4. The van der Waals surface area contributed by atoms with Gasteiger partial charge in [0.2, 0.25) is 10.0 Å². The Morgan fingerprint density at radius 2 is 1.60 bits per heavy atom. The molecule has 0 radical (unpaired) electrons. The van der Waals surface area contributed by atoms with Crippen LogP contribution in [0.5, 0.6) is 0 Å². The van der Waals surface area contributed by atoms with Crippen molar-refractivity contribution >= 4 is 41.9 Å². The molecule has 0 fully saturated rings. The van der Waals surface area contributed by atoms with Crippen molar-refractivity contribution in [2.75, 3.05) is 19.8 Å². The van der Waals surface area contributed by atoms with E-state index in [4.69, 9.17) is 0 Å². The van der Waals surface area contributed by atoms with Gasteiger partial charge in [0, 0.05) is 8.95 Å². The van der Waals surface area contributed by atoms with Gasteiger partial charge in [0.1, 0.15) is 5.54 Å². The maximum absolute atomic E-state index is 12.3. The zero-order valence-electron chi connectivity index (χ0n) is 10.6. The second kappa shape index (κ2) is 6.82. The zero-order valence-corrected chi connectivity index (χ0v) is 14.6. The number of sulfonamides is 1. The summed E-state index contributed by atoms with van der Waals surface area (Å²) in [6, 6.07) is 3.02. The van der Waals surface area contributed by atoms with Gasteiger partial charge in [0.25, 0.3) is 0 Å². The lowest BCUT2D eigenvalue weighted by Gasteiger charge is -2.28. The van der Waals surface area contributed by atoms with E-state index in [1.807, 2.05) is 0 Å². The number of rotatable bonds is 6. The minimum absolute atomic E-state index is 0.0605. The van der Waals surface area contributed by atoms with E-state index in [9.17, 15) is 23.7 Å². The predicted molar refractivity (Wildman–Crippen MR) is 80.9 cm³/mol. The van der Waals surface area contributed by atoms with Gasteiger partial charge < -0.3 is 15.3 Å². The molecule has 9 heteroatoms. The van der Waals surface area contributed by atoms with Gasteiger partial charge >= 0.3 is 0 Å². The van der Waals surface area contributed by atoms with Crippen LogP contribution in [0.15, 0.2) is 26.0 Å². The molecule has 0 aromatic heterocycles. The van der Waals surface area contributed by atoms with Crippen LogP contribution in [0.2, 0.25) is 0 Å². The van der Waals surface area contributed by atoms with Crippen molar-refractivity contribution in [3.8, 4) is 0 Å². The SMILES string of the molecule is Cc1cc(Br)c(S(=O)(=O)NC(CO)(CO)CO)cc1Br. The van der Waals surface area contributed by atoms with Gasteiger partial charge in [-0.15, -0.1) is 0 Å². The molecule has 1 aromatic rings. The molecule has 0 aliphatic rings. The van der Waals surface area contributed by atoms with Crippen LogP contribution in [0.1, 0.15) is 5.56 Å². The van der Waals surface area contributed by atoms with Crippen LogP contribution < -0.4 is 4.72 Å². The smallest absolute Gasteiger partial charge is 0.242 e. The van der Waals surface area contributed by atoms with E-state index in [2.05, 4.69) is 36.6 Å². The van der Waals surface area contributed by atoms with E-state index in [0.717, 1.165) is 5.56 Å². The van der Waals surface area contributed by atoms with Gasteiger partial charge in [-0.05, 0) is 40.5 Å². The number of aryl methyl sites for hydroxylation is 1. The minimum atomic E-state index is -4.03. The Labute approximate surface area is 134 Å². The molecule has 114 valence electrons. The molecule has 20 heavy (non-hydrogen) atoms. The Kier molecular flexibility index (Phi) is 6.14. The van der Waals surface area contributed by atoms with Crippen LogP contribution in [0.3, 0.4) is 0 Å². The lowest BCUT2D eigenvalue weighted by Crippen LogP contribution is -2.56. The molecule has 0 atom stereocenters. The Hall–Kier alpha value is -0.0300. The van der Waals surface area contributed by atoms with E-state index < -0.39 is 35.4 Å². The van der Waals surface area contributed by atoms with E-state index in [1.54, 1.807) is 13.0 Å². The number of hydrogen-bond acceptors (Lipinski definition) is 5. The van der Waals surface area contributed by atoms with Crippen LogP contribution >= 0.6 is 31.9 Å². The third-order valence-corrected chi connectivity index (χ3v) is 6.15. The molecule has 1 rings (SSSR count). The highest BCUT2D eigenvalue weighted by Gasteiger charge is 2.34. The Bertz CT molecular complexity index is 578. The molecule has 0 heterocycles. The van der Waals surface area contributed by atoms with Gasteiger partial charge in [0.05, 0.1) is 24.7 Å². The van der Waals surface area contributed by atoms with Crippen LogP contribution in [-0.2, 0) is 10.0 Å². The number of aliphatic hydroxyl groups is 3. The molecule has 0 amide bonds. The second-order valence-corrected chi connectivity index (χ2v) is 7.75. The van der Waals surface area contributed by atoms with Crippen molar-refractivity contribution in [1.29, 1.82) is 0 Å². The predicted octanol–water partition coefficient (Wildman–Crippen LogP) is 0.514. The summed E-state index contributed by atoms with van der Waals surface area (Å²) in [5.41, 5.74) is -0.871. The zero-order chi connectivity index (χ0) is 15.6. The van der Waals surface area contributed by atoms with Gasteiger partial charge in [-0.1, -0.05) is 15.9 Å². The Morgan fingerprint density at radius 3 is 2.05 bits per heavy atom. The third kappa shape index (κ3) is 3.79. The summed E-state index contributed by atoms with van der Waals surface area (Å²) < 4.78 is 27.7. The summed E-state index contributed by atoms with van der Waals surface area (Å²) >= 11 is 6.41. The molecular weight excluding hydrogens is 418 g/mol. The summed E-state index contributed by atoms with van der Waals surface area (Å²) in [7, 11) is -4.03. The Morgan fingerprint density at radius 1 is 1.10 bits per heavy atom. The summed E-state index contributed by atoms with van der Waals surface area (Å²) in [5.74, 6) is 0. The highest BCUT2D eigenvalue weighted by atomic mass is 79.9. The summed E-state index contributed by atoms with van der Waals surface area (Å²) in [6.45, 7) is -0.393. The van der Waals surface area contributed by atoms with Crippen molar-refractivity contribution in [2.45, 2.75) is 17.4 Å². The molecule has 0 saturated carbocycles. The van der Waals surface area contributed by atoms with Crippen LogP contribution in [-0.4, -0.2) is 49.1 Å². The fraction of sp³-hybridized carbons (Fsp3) is 0.455. The molecule has 0 bridgehead atoms. The second-order valence-electron chi connectivity index (χ2n) is 4.39.